The molecule has 0 aromatic carbocycles. The molecule has 4 rings (SSSR count). The average molecular weight is 403 g/mol. The minimum absolute atomic E-state index is 0. The lowest BCUT2D eigenvalue weighted by Crippen LogP contribution is -2.55. The Balaban J connectivity index is 0.00000169. The first kappa shape index (κ1) is 24.0. The minimum Gasteiger partial charge on any atom is -0.312 e. The van der Waals surface area contributed by atoms with Gasteiger partial charge in [-0.25, -0.2) is 0 Å². The lowest BCUT2D eigenvalue weighted by atomic mass is 9.54. The second-order valence-corrected chi connectivity index (χ2v) is 8.99. The first-order valence-corrected chi connectivity index (χ1v) is 10.3. The summed E-state index contributed by atoms with van der Waals surface area (Å²) in [5, 5.41) is 7.49. The van der Waals surface area contributed by atoms with Crippen LogP contribution in [0.15, 0.2) is 23.3 Å². The summed E-state index contributed by atoms with van der Waals surface area (Å²) < 4.78 is 0. The highest BCUT2D eigenvalue weighted by atomic mass is 35.5. The molecule has 26 heavy (non-hydrogen) atoms. The van der Waals surface area contributed by atoms with Crippen LogP contribution in [0.3, 0.4) is 0 Å². The second kappa shape index (κ2) is 11.7. The Morgan fingerprint density at radius 3 is 2.04 bits per heavy atom. The van der Waals surface area contributed by atoms with Gasteiger partial charge in [0.1, 0.15) is 0 Å². The van der Waals surface area contributed by atoms with Gasteiger partial charge >= 0.3 is 0 Å². The molecule has 4 bridgehead atoms. The van der Waals surface area contributed by atoms with E-state index in [0.29, 0.717) is 0 Å². The normalized spacial score (nSPS) is 32.0. The predicted octanol–water partition coefficient (Wildman–Crippen LogP) is 5.53. The van der Waals surface area contributed by atoms with Crippen molar-refractivity contribution in [2.75, 3.05) is 19.6 Å². The van der Waals surface area contributed by atoms with Crippen LogP contribution in [0.25, 0.3) is 0 Å². The topological polar surface area (TPSA) is 24.1 Å². The van der Waals surface area contributed by atoms with E-state index in [4.69, 9.17) is 0 Å². The van der Waals surface area contributed by atoms with Crippen molar-refractivity contribution in [3.05, 3.63) is 23.3 Å². The Kier molecular flexibility index (Phi) is 10.8. The Hall–Kier alpha value is -0.0200. The number of hydrogen-bond donors (Lipinski definition) is 2. The van der Waals surface area contributed by atoms with Crippen molar-refractivity contribution in [1.82, 2.24) is 10.6 Å². The Morgan fingerprint density at radius 1 is 0.846 bits per heavy atom. The lowest BCUT2D eigenvalue weighted by molar-refractivity contribution is -0.0133. The summed E-state index contributed by atoms with van der Waals surface area (Å²) in [6, 6.07) is 0.834. The first-order valence-electron chi connectivity index (χ1n) is 10.3. The van der Waals surface area contributed by atoms with E-state index >= 15 is 0 Å². The van der Waals surface area contributed by atoms with Crippen LogP contribution in [0.1, 0.15) is 65.7 Å². The molecule has 2 N–H and O–H groups in total. The van der Waals surface area contributed by atoms with Crippen LogP contribution in [0.5, 0.6) is 0 Å². The van der Waals surface area contributed by atoms with Crippen molar-refractivity contribution in [2.45, 2.75) is 71.8 Å². The third kappa shape index (κ3) is 6.86. The summed E-state index contributed by atoms with van der Waals surface area (Å²) in [5.74, 6) is 4.17. The number of allylic oxidation sites excluding steroid dienone is 3. The molecule has 4 aliphatic rings. The fourth-order valence-corrected chi connectivity index (χ4v) is 5.62. The Morgan fingerprint density at radius 2 is 1.46 bits per heavy atom. The summed E-state index contributed by atoms with van der Waals surface area (Å²) in [5.41, 5.74) is 2.94. The molecule has 0 aromatic rings. The van der Waals surface area contributed by atoms with E-state index in [-0.39, 0.29) is 24.8 Å². The van der Waals surface area contributed by atoms with E-state index < -0.39 is 0 Å². The molecule has 0 saturated heterocycles. The van der Waals surface area contributed by atoms with Crippen LogP contribution < -0.4 is 10.6 Å². The number of nitrogens with one attached hydrogen (secondary N) is 2. The first-order chi connectivity index (χ1) is 11.6. The zero-order chi connectivity index (χ0) is 16.9. The van der Waals surface area contributed by atoms with Gasteiger partial charge in [0, 0.05) is 25.7 Å². The molecule has 0 radical (unpaired) electrons. The van der Waals surface area contributed by atoms with E-state index in [1.807, 2.05) is 0 Å². The largest absolute Gasteiger partial charge is 0.312 e. The molecule has 0 aliphatic heterocycles. The Bertz CT molecular complexity index is 441. The second-order valence-electron chi connectivity index (χ2n) is 8.99. The number of rotatable bonds is 9. The standard InChI is InChI=1S/C22H38N2.2ClH/c1-16(2)5-4-6-17(3)7-8-23-9-10-24-22-20-12-18-11-19(14-20)15-21(22)13-18;;/h5,7,18-24H,4,6,8-15H2,1-3H3;2*1H. The van der Waals surface area contributed by atoms with E-state index in [1.54, 1.807) is 6.42 Å². The average Bonchev–Trinajstić information content (AvgIpc) is 2.51. The molecule has 4 fully saturated rings. The minimum atomic E-state index is 0. The molecule has 4 saturated carbocycles. The predicted molar refractivity (Wildman–Crippen MR) is 119 cm³/mol. The van der Waals surface area contributed by atoms with Crippen LogP contribution in [-0.4, -0.2) is 25.7 Å². The Labute approximate surface area is 173 Å². The van der Waals surface area contributed by atoms with Crippen LogP contribution in [0.4, 0.5) is 0 Å². The smallest absolute Gasteiger partial charge is 0.0137 e. The van der Waals surface area contributed by atoms with Crippen molar-refractivity contribution in [2.24, 2.45) is 23.7 Å². The van der Waals surface area contributed by atoms with Gasteiger partial charge in [0.25, 0.3) is 0 Å². The van der Waals surface area contributed by atoms with Gasteiger partial charge in [-0.2, -0.15) is 0 Å². The monoisotopic (exact) mass is 402 g/mol. The molecular weight excluding hydrogens is 363 g/mol. The van der Waals surface area contributed by atoms with Crippen LogP contribution in [-0.2, 0) is 0 Å². The number of hydrogen-bond acceptors (Lipinski definition) is 2. The van der Waals surface area contributed by atoms with E-state index in [0.717, 1.165) is 49.3 Å². The van der Waals surface area contributed by atoms with Crippen molar-refractivity contribution in [1.29, 1.82) is 0 Å². The van der Waals surface area contributed by atoms with Gasteiger partial charge in [-0.3, -0.25) is 0 Å². The summed E-state index contributed by atoms with van der Waals surface area (Å²) in [4.78, 5) is 0. The SMILES string of the molecule is CC(C)=CCCC(C)=CCNCCNC1C2CC3CC(C2)CC1C3.Cl.Cl. The summed E-state index contributed by atoms with van der Waals surface area (Å²) in [7, 11) is 0. The fourth-order valence-electron chi connectivity index (χ4n) is 5.62. The van der Waals surface area contributed by atoms with Crippen LogP contribution in [0, 0.1) is 23.7 Å². The third-order valence-corrected chi connectivity index (χ3v) is 6.59. The van der Waals surface area contributed by atoms with Gasteiger partial charge in [0.2, 0.25) is 0 Å². The van der Waals surface area contributed by atoms with E-state index in [2.05, 4.69) is 43.6 Å². The molecule has 152 valence electrons. The summed E-state index contributed by atoms with van der Waals surface area (Å²) in [6.07, 6.45) is 14.7. The maximum atomic E-state index is 3.91. The third-order valence-electron chi connectivity index (χ3n) is 6.59. The molecular formula is C22H40Cl2N2. The zero-order valence-corrected chi connectivity index (χ0v) is 18.6. The van der Waals surface area contributed by atoms with Gasteiger partial charge in [0.05, 0.1) is 0 Å². The number of halogens is 2. The maximum absolute atomic E-state index is 3.91. The van der Waals surface area contributed by atoms with Gasteiger partial charge in [0.15, 0.2) is 0 Å². The molecule has 0 amide bonds. The maximum Gasteiger partial charge on any atom is 0.0137 e. The zero-order valence-electron chi connectivity index (χ0n) is 16.9. The van der Waals surface area contributed by atoms with E-state index in [9.17, 15) is 0 Å². The van der Waals surface area contributed by atoms with Gasteiger partial charge in [-0.15, -0.1) is 24.8 Å². The van der Waals surface area contributed by atoms with Crippen molar-refractivity contribution in [3.8, 4) is 0 Å². The molecule has 0 unspecified atom stereocenters. The molecule has 4 heteroatoms. The van der Waals surface area contributed by atoms with E-state index in [1.165, 1.54) is 49.7 Å². The molecule has 0 aromatic heterocycles. The van der Waals surface area contributed by atoms with Crippen molar-refractivity contribution in [3.63, 3.8) is 0 Å². The molecule has 0 spiro atoms. The van der Waals surface area contributed by atoms with Crippen molar-refractivity contribution >= 4 is 24.8 Å². The van der Waals surface area contributed by atoms with Crippen LogP contribution >= 0.6 is 24.8 Å². The molecule has 4 aliphatic carbocycles. The highest BCUT2D eigenvalue weighted by molar-refractivity contribution is 5.85. The lowest BCUT2D eigenvalue weighted by Gasteiger charge is -2.54. The summed E-state index contributed by atoms with van der Waals surface area (Å²) in [6.45, 7) is 9.86. The molecule has 0 atom stereocenters. The van der Waals surface area contributed by atoms with Gasteiger partial charge in [-0.05, 0) is 89.4 Å². The summed E-state index contributed by atoms with van der Waals surface area (Å²) >= 11 is 0. The molecule has 2 nitrogen and oxygen atoms in total. The molecule has 0 heterocycles. The van der Waals surface area contributed by atoms with Gasteiger partial charge in [-0.1, -0.05) is 23.3 Å². The quantitative estimate of drug-likeness (QED) is 0.391. The van der Waals surface area contributed by atoms with Gasteiger partial charge < -0.3 is 10.6 Å². The highest BCUT2D eigenvalue weighted by Gasteiger charge is 2.47. The van der Waals surface area contributed by atoms with Crippen LogP contribution in [0.2, 0.25) is 0 Å². The highest BCUT2D eigenvalue weighted by Crippen LogP contribution is 2.53. The van der Waals surface area contributed by atoms with Crippen molar-refractivity contribution < 1.29 is 0 Å². The fraction of sp³-hybridized carbons (Fsp3) is 0.818.